The summed E-state index contributed by atoms with van der Waals surface area (Å²) in [6.07, 6.45) is -0.582. The van der Waals surface area contributed by atoms with Gasteiger partial charge in [0.15, 0.2) is 0 Å². The van der Waals surface area contributed by atoms with E-state index in [0.717, 1.165) is 22.3 Å². The summed E-state index contributed by atoms with van der Waals surface area (Å²) in [6, 6.07) is 20.3. The van der Waals surface area contributed by atoms with Gasteiger partial charge < -0.3 is 20.5 Å². The molecule has 3 aromatic rings. The molecule has 1 aliphatic rings. The molecule has 2 amide bonds. The molecule has 3 aromatic carbocycles. The number of hydrogen-bond acceptors (Lipinski definition) is 4. The molecule has 0 radical (unpaired) electrons. The minimum absolute atomic E-state index is 0.0408. The standard InChI is InChI=1S/C28H28N2O5/c1-16-14-19(27(32)33)12-13-25(16)30-26(31)17(2)18(3)29-28(34)35-15-24-22-10-6-4-8-20(22)21-9-5-7-11-23(21)24/h4-14,17-18,24H,15H2,1-3H3,(H,29,34)(H,30,31)(H,32,33). The van der Waals surface area contributed by atoms with Crippen molar-refractivity contribution < 1.29 is 24.2 Å². The van der Waals surface area contributed by atoms with Crippen molar-refractivity contribution in [3.63, 3.8) is 0 Å². The van der Waals surface area contributed by atoms with Gasteiger partial charge in [-0.15, -0.1) is 0 Å². The van der Waals surface area contributed by atoms with Crippen molar-refractivity contribution in [1.82, 2.24) is 5.32 Å². The summed E-state index contributed by atoms with van der Waals surface area (Å²) in [5.41, 5.74) is 5.89. The van der Waals surface area contributed by atoms with Crippen LogP contribution >= 0.6 is 0 Å². The maximum Gasteiger partial charge on any atom is 0.407 e. The maximum absolute atomic E-state index is 12.7. The van der Waals surface area contributed by atoms with Crippen molar-refractivity contribution >= 4 is 23.7 Å². The molecule has 2 atom stereocenters. The number of ether oxygens (including phenoxy) is 1. The first-order valence-corrected chi connectivity index (χ1v) is 11.5. The number of aromatic carboxylic acids is 1. The summed E-state index contributed by atoms with van der Waals surface area (Å²) in [5.74, 6) is -1.90. The number of carboxylic acids is 1. The van der Waals surface area contributed by atoms with Crippen molar-refractivity contribution in [2.24, 2.45) is 5.92 Å². The van der Waals surface area contributed by atoms with E-state index in [9.17, 15) is 14.4 Å². The van der Waals surface area contributed by atoms with Gasteiger partial charge in [-0.1, -0.05) is 55.5 Å². The first kappa shape index (κ1) is 24.0. The van der Waals surface area contributed by atoms with Gasteiger partial charge in [-0.05, 0) is 59.9 Å². The first-order valence-electron chi connectivity index (χ1n) is 11.5. The fourth-order valence-corrected chi connectivity index (χ4v) is 4.36. The van der Waals surface area contributed by atoms with Crippen LogP contribution in [0.2, 0.25) is 0 Å². The van der Waals surface area contributed by atoms with Crippen LogP contribution in [0.15, 0.2) is 66.7 Å². The molecule has 3 N–H and O–H groups in total. The van der Waals surface area contributed by atoms with Crippen LogP contribution in [0, 0.1) is 12.8 Å². The van der Waals surface area contributed by atoms with Crippen LogP contribution in [0.3, 0.4) is 0 Å². The zero-order valence-electron chi connectivity index (χ0n) is 19.9. The number of anilines is 1. The van der Waals surface area contributed by atoms with E-state index in [1.165, 1.54) is 12.1 Å². The molecule has 0 spiro atoms. The Morgan fingerprint density at radius 2 is 1.54 bits per heavy atom. The number of nitrogens with one attached hydrogen (secondary N) is 2. The molecule has 35 heavy (non-hydrogen) atoms. The van der Waals surface area contributed by atoms with Gasteiger partial charge in [0, 0.05) is 17.6 Å². The quantitative estimate of drug-likeness (QED) is 0.439. The third-order valence-corrected chi connectivity index (χ3v) is 6.58. The van der Waals surface area contributed by atoms with Crippen LogP contribution in [-0.2, 0) is 9.53 Å². The van der Waals surface area contributed by atoms with Crippen LogP contribution in [0.5, 0.6) is 0 Å². The number of benzene rings is 3. The molecule has 2 unspecified atom stereocenters. The molecule has 0 saturated carbocycles. The Hall–Kier alpha value is -4.13. The topological polar surface area (TPSA) is 105 Å². The normalized spacial score (nSPS) is 13.8. The Morgan fingerprint density at radius 3 is 2.11 bits per heavy atom. The Morgan fingerprint density at radius 1 is 0.943 bits per heavy atom. The van der Waals surface area contributed by atoms with E-state index in [1.54, 1.807) is 26.8 Å². The summed E-state index contributed by atoms with van der Waals surface area (Å²) in [4.78, 5) is 36.4. The number of fused-ring (bicyclic) bond motifs is 3. The smallest absolute Gasteiger partial charge is 0.407 e. The second kappa shape index (κ2) is 10.0. The molecular weight excluding hydrogens is 444 g/mol. The number of hydrogen-bond donors (Lipinski definition) is 3. The SMILES string of the molecule is Cc1cc(C(=O)O)ccc1NC(=O)C(C)C(C)NC(=O)OCC1c2ccccc2-c2ccccc21. The van der Waals surface area contributed by atoms with Crippen molar-refractivity contribution in [3.8, 4) is 11.1 Å². The summed E-state index contributed by atoms with van der Waals surface area (Å²) in [7, 11) is 0. The van der Waals surface area contributed by atoms with Crippen molar-refractivity contribution in [2.75, 3.05) is 11.9 Å². The van der Waals surface area contributed by atoms with Gasteiger partial charge >= 0.3 is 12.1 Å². The predicted molar refractivity (Wildman–Crippen MR) is 134 cm³/mol. The molecule has 7 nitrogen and oxygen atoms in total. The van der Waals surface area contributed by atoms with Gasteiger partial charge in [0.2, 0.25) is 5.91 Å². The Balaban J connectivity index is 1.34. The van der Waals surface area contributed by atoms with E-state index in [0.29, 0.717) is 11.3 Å². The van der Waals surface area contributed by atoms with Gasteiger partial charge in [-0.25, -0.2) is 9.59 Å². The third kappa shape index (κ3) is 5.04. The molecule has 7 heteroatoms. The largest absolute Gasteiger partial charge is 0.478 e. The van der Waals surface area contributed by atoms with Crippen LogP contribution in [0.4, 0.5) is 10.5 Å². The second-order valence-corrected chi connectivity index (χ2v) is 8.87. The fourth-order valence-electron chi connectivity index (χ4n) is 4.36. The summed E-state index contributed by atoms with van der Waals surface area (Å²) < 4.78 is 5.58. The van der Waals surface area contributed by atoms with Gasteiger partial charge in [-0.3, -0.25) is 4.79 Å². The maximum atomic E-state index is 12.7. The van der Waals surface area contributed by atoms with Crippen molar-refractivity contribution in [2.45, 2.75) is 32.7 Å². The number of carboxylic acid groups (broad SMARTS) is 1. The van der Waals surface area contributed by atoms with Gasteiger partial charge in [0.05, 0.1) is 11.5 Å². The molecule has 4 rings (SSSR count). The minimum atomic E-state index is -1.03. The average Bonchev–Trinajstić information content (AvgIpc) is 3.17. The summed E-state index contributed by atoms with van der Waals surface area (Å²) in [6.45, 7) is 5.38. The average molecular weight is 473 g/mol. The Labute approximate surface area is 204 Å². The highest BCUT2D eigenvalue weighted by Gasteiger charge is 2.29. The Kier molecular flexibility index (Phi) is 6.87. The van der Waals surface area contributed by atoms with Crippen LogP contribution < -0.4 is 10.6 Å². The van der Waals surface area contributed by atoms with Crippen LogP contribution in [0.1, 0.15) is 46.8 Å². The molecule has 180 valence electrons. The molecule has 0 fully saturated rings. The van der Waals surface area contributed by atoms with E-state index in [1.807, 2.05) is 24.3 Å². The molecular formula is C28H28N2O5. The summed E-state index contributed by atoms with van der Waals surface area (Å²) >= 11 is 0. The van der Waals surface area contributed by atoms with Crippen molar-refractivity contribution in [3.05, 3.63) is 89.0 Å². The predicted octanol–water partition coefficient (Wildman–Crippen LogP) is 5.20. The van der Waals surface area contributed by atoms with Crippen molar-refractivity contribution in [1.29, 1.82) is 0 Å². The lowest BCUT2D eigenvalue weighted by Gasteiger charge is -2.22. The first-order chi connectivity index (χ1) is 16.8. The second-order valence-electron chi connectivity index (χ2n) is 8.87. The van der Waals surface area contributed by atoms with E-state index < -0.39 is 24.0 Å². The van der Waals surface area contributed by atoms with E-state index in [-0.39, 0.29) is 24.0 Å². The zero-order valence-corrected chi connectivity index (χ0v) is 19.9. The number of carbonyl (C=O) groups is 3. The number of alkyl carbamates (subject to hydrolysis) is 1. The summed E-state index contributed by atoms with van der Waals surface area (Å²) in [5, 5.41) is 14.7. The van der Waals surface area contributed by atoms with Gasteiger partial charge in [-0.2, -0.15) is 0 Å². The van der Waals surface area contributed by atoms with Crippen LogP contribution in [0.25, 0.3) is 11.1 Å². The molecule has 0 bridgehead atoms. The van der Waals surface area contributed by atoms with E-state index >= 15 is 0 Å². The number of amides is 2. The lowest BCUT2D eigenvalue weighted by molar-refractivity contribution is -0.120. The number of aryl methyl sites for hydroxylation is 1. The highest BCUT2D eigenvalue weighted by atomic mass is 16.5. The molecule has 0 saturated heterocycles. The lowest BCUT2D eigenvalue weighted by atomic mass is 9.98. The van der Waals surface area contributed by atoms with Gasteiger partial charge in [0.1, 0.15) is 6.61 Å². The molecule has 0 aromatic heterocycles. The van der Waals surface area contributed by atoms with E-state index in [4.69, 9.17) is 9.84 Å². The number of rotatable bonds is 7. The molecule has 0 aliphatic heterocycles. The minimum Gasteiger partial charge on any atom is -0.478 e. The number of carbonyl (C=O) groups excluding carboxylic acids is 2. The van der Waals surface area contributed by atoms with Gasteiger partial charge in [0.25, 0.3) is 0 Å². The highest BCUT2D eigenvalue weighted by Crippen LogP contribution is 2.44. The monoisotopic (exact) mass is 472 g/mol. The molecule has 1 aliphatic carbocycles. The zero-order chi connectivity index (χ0) is 25.1. The molecule has 0 heterocycles. The Bertz CT molecular complexity index is 1240. The lowest BCUT2D eigenvalue weighted by Crippen LogP contribution is -2.42. The van der Waals surface area contributed by atoms with Crippen LogP contribution in [-0.4, -0.2) is 35.7 Å². The third-order valence-electron chi connectivity index (χ3n) is 6.58. The highest BCUT2D eigenvalue weighted by molar-refractivity contribution is 5.95. The fraction of sp³-hybridized carbons (Fsp3) is 0.250. The van der Waals surface area contributed by atoms with E-state index in [2.05, 4.69) is 34.9 Å².